The molecule has 6 nitrogen and oxygen atoms in total. The first-order chi connectivity index (χ1) is 10.3. The lowest BCUT2D eigenvalue weighted by molar-refractivity contribution is 0.203. The number of ether oxygens (including phenoxy) is 3. The number of hydrogen-bond acceptors (Lipinski definition) is 4. The monoisotopic (exact) mass is 295 g/mol. The fraction of sp³-hybridized carbons (Fsp3) is 0.533. The fourth-order valence-electron chi connectivity index (χ4n) is 1.86. The highest BCUT2D eigenvalue weighted by Crippen LogP contribution is 2.30. The van der Waals surface area contributed by atoms with Crippen molar-refractivity contribution >= 4 is 5.96 Å². The topological polar surface area (TPSA) is 64.1 Å². The summed E-state index contributed by atoms with van der Waals surface area (Å²) in [4.78, 5) is 4.54. The summed E-state index contributed by atoms with van der Waals surface area (Å²) in [5, 5.41) is 6.39. The molecule has 0 spiro atoms. The molecule has 0 aliphatic carbocycles. The second-order valence-electron chi connectivity index (χ2n) is 4.27. The third-order valence-corrected chi connectivity index (χ3v) is 2.83. The largest absolute Gasteiger partial charge is 0.493 e. The average Bonchev–Trinajstić information content (AvgIpc) is 2.52. The molecule has 0 aliphatic rings. The SMILES string of the molecule is CCNC(=NCc1cccc(OC)c1OC)NCCOC. The van der Waals surface area contributed by atoms with Crippen LogP contribution in [0.4, 0.5) is 0 Å². The molecule has 2 N–H and O–H groups in total. The number of nitrogens with zero attached hydrogens (tertiary/aromatic N) is 1. The van der Waals surface area contributed by atoms with Gasteiger partial charge in [0.15, 0.2) is 17.5 Å². The second kappa shape index (κ2) is 9.88. The number of hydrogen-bond donors (Lipinski definition) is 2. The number of guanidine groups is 1. The Labute approximate surface area is 126 Å². The highest BCUT2D eigenvalue weighted by atomic mass is 16.5. The normalized spacial score (nSPS) is 11.1. The molecule has 1 rings (SSSR count). The van der Waals surface area contributed by atoms with Crippen LogP contribution in [0, 0.1) is 0 Å². The summed E-state index contributed by atoms with van der Waals surface area (Å²) in [7, 11) is 4.93. The minimum absolute atomic E-state index is 0.503. The van der Waals surface area contributed by atoms with Crippen LogP contribution in [-0.2, 0) is 11.3 Å². The maximum atomic E-state index is 5.40. The summed E-state index contributed by atoms with van der Waals surface area (Å²) in [6.45, 7) is 4.67. The fourth-order valence-corrected chi connectivity index (χ4v) is 1.86. The molecule has 21 heavy (non-hydrogen) atoms. The van der Waals surface area contributed by atoms with Crippen LogP contribution in [0.5, 0.6) is 11.5 Å². The minimum Gasteiger partial charge on any atom is -0.493 e. The number of nitrogens with one attached hydrogen (secondary N) is 2. The van der Waals surface area contributed by atoms with Gasteiger partial charge in [-0.3, -0.25) is 0 Å². The van der Waals surface area contributed by atoms with Crippen LogP contribution in [0.15, 0.2) is 23.2 Å². The van der Waals surface area contributed by atoms with E-state index in [1.54, 1.807) is 21.3 Å². The molecular formula is C15H25N3O3. The molecule has 1 aromatic rings. The van der Waals surface area contributed by atoms with Crippen LogP contribution in [0.25, 0.3) is 0 Å². The maximum Gasteiger partial charge on any atom is 0.191 e. The van der Waals surface area contributed by atoms with Gasteiger partial charge >= 0.3 is 0 Å². The highest BCUT2D eigenvalue weighted by molar-refractivity contribution is 5.79. The lowest BCUT2D eigenvalue weighted by Crippen LogP contribution is -2.38. The van der Waals surface area contributed by atoms with Crippen molar-refractivity contribution in [3.63, 3.8) is 0 Å². The number of methoxy groups -OCH3 is 3. The molecule has 1 aromatic carbocycles. The number of para-hydroxylation sites is 1. The molecule has 0 aliphatic heterocycles. The summed E-state index contributed by atoms with van der Waals surface area (Å²) in [5.74, 6) is 2.18. The Hall–Kier alpha value is -1.95. The predicted molar refractivity (Wildman–Crippen MR) is 84.2 cm³/mol. The van der Waals surface area contributed by atoms with E-state index in [1.165, 1.54) is 0 Å². The molecule has 0 saturated heterocycles. The van der Waals surface area contributed by atoms with E-state index in [4.69, 9.17) is 14.2 Å². The van der Waals surface area contributed by atoms with E-state index < -0.39 is 0 Å². The summed E-state index contributed by atoms with van der Waals surface area (Å²) in [6, 6.07) is 5.77. The van der Waals surface area contributed by atoms with Gasteiger partial charge in [0.05, 0.1) is 27.4 Å². The van der Waals surface area contributed by atoms with Gasteiger partial charge in [-0.2, -0.15) is 0 Å². The van der Waals surface area contributed by atoms with Crippen LogP contribution in [-0.4, -0.2) is 47.0 Å². The molecule has 0 atom stereocenters. The molecule has 118 valence electrons. The number of benzene rings is 1. The van der Waals surface area contributed by atoms with Crippen molar-refractivity contribution in [3.05, 3.63) is 23.8 Å². The third kappa shape index (κ3) is 5.51. The Morgan fingerprint density at radius 3 is 2.57 bits per heavy atom. The molecule has 0 bridgehead atoms. The van der Waals surface area contributed by atoms with Gasteiger partial charge in [-0.15, -0.1) is 0 Å². The van der Waals surface area contributed by atoms with Crippen molar-refractivity contribution in [1.82, 2.24) is 10.6 Å². The minimum atomic E-state index is 0.503. The van der Waals surface area contributed by atoms with E-state index in [-0.39, 0.29) is 0 Å². The van der Waals surface area contributed by atoms with Gasteiger partial charge in [0.25, 0.3) is 0 Å². The lowest BCUT2D eigenvalue weighted by atomic mass is 10.2. The maximum absolute atomic E-state index is 5.40. The van der Waals surface area contributed by atoms with E-state index >= 15 is 0 Å². The van der Waals surface area contributed by atoms with Gasteiger partial charge in [0.2, 0.25) is 0 Å². The highest BCUT2D eigenvalue weighted by Gasteiger charge is 2.09. The molecule has 0 aromatic heterocycles. The van der Waals surface area contributed by atoms with E-state index in [1.807, 2.05) is 25.1 Å². The molecule has 0 unspecified atom stereocenters. The van der Waals surface area contributed by atoms with Crippen LogP contribution >= 0.6 is 0 Å². The molecule has 6 heteroatoms. The molecule has 0 fully saturated rings. The Balaban J connectivity index is 2.79. The molecular weight excluding hydrogens is 270 g/mol. The predicted octanol–water partition coefficient (Wildman–Crippen LogP) is 1.41. The van der Waals surface area contributed by atoms with Gasteiger partial charge in [-0.25, -0.2) is 4.99 Å². The zero-order chi connectivity index (χ0) is 15.5. The van der Waals surface area contributed by atoms with Crippen LogP contribution < -0.4 is 20.1 Å². The summed E-state index contributed by atoms with van der Waals surface area (Å²) >= 11 is 0. The van der Waals surface area contributed by atoms with Crippen LogP contribution in [0.2, 0.25) is 0 Å². The Morgan fingerprint density at radius 1 is 1.14 bits per heavy atom. The van der Waals surface area contributed by atoms with Crippen molar-refractivity contribution in [1.29, 1.82) is 0 Å². The second-order valence-corrected chi connectivity index (χ2v) is 4.27. The summed E-state index contributed by atoms with van der Waals surface area (Å²) < 4.78 is 15.7. The van der Waals surface area contributed by atoms with Crippen molar-refractivity contribution in [2.24, 2.45) is 4.99 Å². The van der Waals surface area contributed by atoms with Crippen LogP contribution in [0.1, 0.15) is 12.5 Å². The van der Waals surface area contributed by atoms with Gasteiger partial charge in [-0.1, -0.05) is 12.1 Å². The smallest absolute Gasteiger partial charge is 0.191 e. The first-order valence-corrected chi connectivity index (χ1v) is 6.97. The first-order valence-electron chi connectivity index (χ1n) is 6.97. The van der Waals surface area contributed by atoms with Gasteiger partial charge < -0.3 is 24.8 Å². The van der Waals surface area contributed by atoms with Gasteiger partial charge in [-0.05, 0) is 13.0 Å². The molecule has 0 radical (unpaired) electrons. The Kier molecular flexibility index (Phi) is 8.04. The molecule has 0 saturated carbocycles. The summed E-state index contributed by atoms with van der Waals surface area (Å²) in [5.41, 5.74) is 0.973. The van der Waals surface area contributed by atoms with Crippen molar-refractivity contribution in [3.8, 4) is 11.5 Å². The zero-order valence-corrected chi connectivity index (χ0v) is 13.2. The third-order valence-electron chi connectivity index (χ3n) is 2.83. The summed E-state index contributed by atoms with van der Waals surface area (Å²) in [6.07, 6.45) is 0. The van der Waals surface area contributed by atoms with Gasteiger partial charge in [0, 0.05) is 25.8 Å². The molecule has 0 amide bonds. The Bertz CT molecular complexity index is 450. The average molecular weight is 295 g/mol. The lowest BCUT2D eigenvalue weighted by Gasteiger charge is -2.13. The van der Waals surface area contributed by atoms with Gasteiger partial charge in [0.1, 0.15) is 0 Å². The van der Waals surface area contributed by atoms with E-state index in [0.717, 1.165) is 23.8 Å². The first kappa shape index (κ1) is 17.1. The van der Waals surface area contributed by atoms with E-state index in [0.29, 0.717) is 25.4 Å². The van der Waals surface area contributed by atoms with E-state index in [2.05, 4.69) is 15.6 Å². The quantitative estimate of drug-likeness (QED) is 0.431. The number of rotatable bonds is 8. The van der Waals surface area contributed by atoms with Crippen molar-refractivity contribution in [2.75, 3.05) is 41.0 Å². The standard InChI is InChI=1S/C15H25N3O3/c1-5-16-15(17-9-10-19-2)18-11-12-7-6-8-13(20-3)14(12)21-4/h6-8H,5,9-11H2,1-4H3,(H2,16,17,18). The van der Waals surface area contributed by atoms with Crippen LogP contribution in [0.3, 0.4) is 0 Å². The molecule has 0 heterocycles. The van der Waals surface area contributed by atoms with E-state index in [9.17, 15) is 0 Å². The van der Waals surface area contributed by atoms with Crippen molar-refractivity contribution < 1.29 is 14.2 Å². The van der Waals surface area contributed by atoms with Crippen molar-refractivity contribution in [2.45, 2.75) is 13.5 Å². The zero-order valence-electron chi connectivity index (χ0n) is 13.2. The number of aliphatic imine (C=N–C) groups is 1. The Morgan fingerprint density at radius 2 is 1.95 bits per heavy atom.